The highest BCUT2D eigenvalue weighted by Gasteiger charge is 2.14. The normalized spacial score (nSPS) is 12.2. The van der Waals surface area contributed by atoms with E-state index in [1.165, 1.54) is 5.56 Å². The Labute approximate surface area is 127 Å². The van der Waals surface area contributed by atoms with Crippen LogP contribution in [0.1, 0.15) is 24.2 Å². The molecule has 0 aliphatic rings. The maximum atomic E-state index is 5.04. The zero-order valence-corrected chi connectivity index (χ0v) is 13.2. The molecule has 4 nitrogen and oxygen atoms in total. The third kappa shape index (κ3) is 3.77. The van der Waals surface area contributed by atoms with E-state index in [-0.39, 0.29) is 6.04 Å². The Morgan fingerprint density at radius 2 is 2.00 bits per heavy atom. The zero-order valence-electron chi connectivity index (χ0n) is 11.6. The number of ether oxygens (including phenoxy) is 1. The van der Waals surface area contributed by atoms with Gasteiger partial charge in [0.1, 0.15) is 0 Å². The second-order valence-corrected chi connectivity index (χ2v) is 5.26. The number of rotatable bonds is 6. The van der Waals surface area contributed by atoms with Crippen molar-refractivity contribution in [2.45, 2.75) is 19.4 Å². The molecule has 1 aromatic heterocycles. The Balaban J connectivity index is 2.19. The number of hydrogen-bond acceptors (Lipinski definition) is 4. The van der Waals surface area contributed by atoms with Gasteiger partial charge in [-0.05, 0) is 30.7 Å². The summed E-state index contributed by atoms with van der Waals surface area (Å²) in [6.07, 6.45) is 0.857. The summed E-state index contributed by atoms with van der Waals surface area (Å²) in [6.45, 7) is 2.97. The van der Waals surface area contributed by atoms with Crippen molar-refractivity contribution in [1.29, 1.82) is 0 Å². The van der Waals surface area contributed by atoms with E-state index in [9.17, 15) is 0 Å². The van der Waals surface area contributed by atoms with Gasteiger partial charge in [0.2, 0.25) is 5.88 Å². The van der Waals surface area contributed by atoms with Crippen molar-refractivity contribution in [2.24, 2.45) is 0 Å². The fourth-order valence-electron chi connectivity index (χ4n) is 2.04. The van der Waals surface area contributed by atoms with Gasteiger partial charge in [0.25, 0.3) is 0 Å². The second-order valence-electron chi connectivity index (χ2n) is 4.41. The lowest BCUT2D eigenvalue weighted by Crippen LogP contribution is -2.24. The fourth-order valence-corrected chi connectivity index (χ4v) is 2.48. The summed E-state index contributed by atoms with van der Waals surface area (Å²) in [5.41, 5.74) is 2.17. The van der Waals surface area contributed by atoms with Gasteiger partial charge in [-0.1, -0.05) is 41.1 Å². The molecule has 1 heterocycles. The van der Waals surface area contributed by atoms with Crippen LogP contribution in [-0.2, 0) is 6.42 Å². The molecule has 2 aromatic rings. The van der Waals surface area contributed by atoms with Crippen LogP contribution in [0.5, 0.6) is 5.88 Å². The first-order valence-corrected chi connectivity index (χ1v) is 7.38. The molecule has 20 heavy (non-hydrogen) atoms. The molecule has 0 amide bonds. The highest BCUT2D eigenvalue weighted by atomic mass is 79.9. The third-order valence-electron chi connectivity index (χ3n) is 3.06. The van der Waals surface area contributed by atoms with E-state index in [1.807, 2.05) is 24.3 Å². The molecule has 0 bridgehead atoms. The van der Waals surface area contributed by atoms with Gasteiger partial charge in [0, 0.05) is 10.5 Å². The van der Waals surface area contributed by atoms with Crippen LogP contribution < -0.4 is 10.1 Å². The molecule has 5 heteroatoms. The molecule has 1 unspecified atom stereocenters. The number of nitrogens with one attached hydrogen (secondary N) is 1. The quantitative estimate of drug-likeness (QED) is 0.880. The van der Waals surface area contributed by atoms with Crippen LogP contribution in [0.4, 0.5) is 0 Å². The van der Waals surface area contributed by atoms with E-state index in [0.717, 1.165) is 23.1 Å². The van der Waals surface area contributed by atoms with Gasteiger partial charge in [0.15, 0.2) is 0 Å². The topological polar surface area (TPSA) is 47.0 Å². The number of methoxy groups -OCH3 is 1. The summed E-state index contributed by atoms with van der Waals surface area (Å²) in [5.74, 6) is 0.532. The van der Waals surface area contributed by atoms with Crippen molar-refractivity contribution in [3.8, 4) is 5.88 Å². The maximum Gasteiger partial charge on any atom is 0.233 e. The van der Waals surface area contributed by atoms with E-state index < -0.39 is 0 Å². The molecule has 0 saturated carbocycles. The second kappa shape index (κ2) is 7.36. The Bertz CT molecular complexity index is 545. The lowest BCUT2D eigenvalue weighted by atomic mass is 10.0. The molecular weight excluding hydrogens is 318 g/mol. The first kappa shape index (κ1) is 14.9. The summed E-state index contributed by atoms with van der Waals surface area (Å²) in [6, 6.07) is 12.2. The van der Waals surface area contributed by atoms with Crippen molar-refractivity contribution in [3.63, 3.8) is 0 Å². The smallest absolute Gasteiger partial charge is 0.233 e. The molecule has 1 N–H and O–H groups in total. The van der Waals surface area contributed by atoms with Gasteiger partial charge in [-0.3, -0.25) is 0 Å². The lowest BCUT2D eigenvalue weighted by molar-refractivity contribution is 0.389. The number of halogens is 1. The van der Waals surface area contributed by atoms with Gasteiger partial charge >= 0.3 is 0 Å². The minimum atomic E-state index is 0.136. The van der Waals surface area contributed by atoms with Crippen molar-refractivity contribution in [3.05, 3.63) is 52.1 Å². The van der Waals surface area contributed by atoms with Crippen molar-refractivity contribution in [2.75, 3.05) is 13.7 Å². The number of aromatic nitrogens is 2. The van der Waals surface area contributed by atoms with Crippen LogP contribution in [0.15, 0.2) is 40.9 Å². The Morgan fingerprint density at radius 1 is 1.20 bits per heavy atom. The molecule has 1 atom stereocenters. The van der Waals surface area contributed by atoms with E-state index in [2.05, 4.69) is 50.5 Å². The molecule has 1 aromatic carbocycles. The molecular formula is C15H18BrN3O. The van der Waals surface area contributed by atoms with E-state index in [1.54, 1.807) is 7.11 Å². The van der Waals surface area contributed by atoms with E-state index in [4.69, 9.17) is 4.74 Å². The Hall–Kier alpha value is -1.46. The van der Waals surface area contributed by atoms with Crippen LogP contribution in [-0.4, -0.2) is 23.9 Å². The monoisotopic (exact) mass is 335 g/mol. The van der Waals surface area contributed by atoms with Crippen LogP contribution >= 0.6 is 15.9 Å². The predicted molar refractivity (Wildman–Crippen MR) is 82.8 cm³/mol. The van der Waals surface area contributed by atoms with Crippen molar-refractivity contribution < 1.29 is 4.74 Å². The van der Waals surface area contributed by atoms with Gasteiger partial charge in [-0.15, -0.1) is 5.10 Å². The zero-order chi connectivity index (χ0) is 14.4. The minimum Gasteiger partial charge on any atom is -0.480 e. The molecule has 0 aliphatic carbocycles. The summed E-state index contributed by atoms with van der Waals surface area (Å²) >= 11 is 3.59. The van der Waals surface area contributed by atoms with E-state index >= 15 is 0 Å². The molecule has 0 aliphatic heterocycles. The molecule has 0 fully saturated rings. The average Bonchev–Trinajstić information content (AvgIpc) is 2.49. The number of likely N-dealkylation sites (N-methyl/N-ethyl adjacent to an activating group) is 1. The fraction of sp³-hybridized carbons (Fsp3) is 0.333. The molecule has 0 saturated heterocycles. The largest absolute Gasteiger partial charge is 0.480 e. The molecule has 2 rings (SSSR count). The first-order valence-electron chi connectivity index (χ1n) is 6.59. The Morgan fingerprint density at radius 3 is 2.60 bits per heavy atom. The van der Waals surface area contributed by atoms with Gasteiger partial charge in [-0.25, -0.2) is 0 Å². The van der Waals surface area contributed by atoms with Crippen LogP contribution in [0.3, 0.4) is 0 Å². The predicted octanol–water partition coefficient (Wildman–Crippen LogP) is 3.14. The summed E-state index contributed by atoms with van der Waals surface area (Å²) in [7, 11) is 1.59. The van der Waals surface area contributed by atoms with Crippen LogP contribution in [0.2, 0.25) is 0 Å². The molecule has 106 valence electrons. The number of nitrogens with zero attached hydrogens (tertiary/aromatic N) is 2. The van der Waals surface area contributed by atoms with Gasteiger partial charge in [0.05, 0.1) is 18.8 Å². The third-order valence-corrected chi connectivity index (χ3v) is 3.83. The van der Waals surface area contributed by atoms with Gasteiger partial charge in [-0.2, -0.15) is 5.10 Å². The SMILES string of the molecule is CCNC(Cc1ccccc1Br)c1ccc(OC)nn1. The average molecular weight is 336 g/mol. The summed E-state index contributed by atoms with van der Waals surface area (Å²) in [5, 5.41) is 11.7. The lowest BCUT2D eigenvalue weighted by Gasteiger charge is -2.17. The number of benzene rings is 1. The Kier molecular flexibility index (Phi) is 5.49. The minimum absolute atomic E-state index is 0.136. The van der Waals surface area contributed by atoms with Crippen LogP contribution in [0.25, 0.3) is 0 Å². The number of hydrogen-bond donors (Lipinski definition) is 1. The van der Waals surface area contributed by atoms with Crippen LogP contribution in [0, 0.1) is 0 Å². The standard InChI is InChI=1S/C15H18BrN3O/c1-3-17-14(10-11-6-4-5-7-12(11)16)13-8-9-15(20-2)19-18-13/h4-9,14,17H,3,10H2,1-2H3. The summed E-state index contributed by atoms with van der Waals surface area (Å²) < 4.78 is 6.16. The van der Waals surface area contributed by atoms with E-state index in [0.29, 0.717) is 5.88 Å². The summed E-state index contributed by atoms with van der Waals surface area (Å²) in [4.78, 5) is 0. The molecule has 0 radical (unpaired) electrons. The maximum absolute atomic E-state index is 5.04. The highest BCUT2D eigenvalue weighted by Crippen LogP contribution is 2.23. The van der Waals surface area contributed by atoms with Gasteiger partial charge < -0.3 is 10.1 Å². The first-order chi connectivity index (χ1) is 9.74. The van der Waals surface area contributed by atoms with Crippen molar-refractivity contribution >= 4 is 15.9 Å². The highest BCUT2D eigenvalue weighted by molar-refractivity contribution is 9.10. The van der Waals surface area contributed by atoms with Crippen molar-refractivity contribution in [1.82, 2.24) is 15.5 Å². The molecule has 0 spiro atoms.